The molecule has 1 heterocycles. The van der Waals surface area contributed by atoms with Crippen LogP contribution < -0.4 is 5.43 Å². The predicted molar refractivity (Wildman–Crippen MR) is 126 cm³/mol. The molecule has 0 aromatic rings. The van der Waals surface area contributed by atoms with Crippen molar-refractivity contribution in [2.45, 2.75) is 43.9 Å². The first-order valence-electron chi connectivity index (χ1n) is 11.6. The summed E-state index contributed by atoms with van der Waals surface area (Å²) in [6.07, 6.45) is 10.5. The van der Waals surface area contributed by atoms with Gasteiger partial charge in [0.2, 0.25) is 0 Å². The van der Waals surface area contributed by atoms with Crippen molar-refractivity contribution in [2.75, 3.05) is 20.8 Å². The van der Waals surface area contributed by atoms with Crippen LogP contribution in [0.15, 0.2) is 76.7 Å². The largest absolute Gasteiger partial charge is 0.493 e. The zero-order chi connectivity index (χ0) is 25.2. The standard InChI is InChI=1S/C26H31F3N2O4/c1-15-4-6-16(7-5-15)14-35-18-9-10-19(20(32)13-18)24-23(25(31-30-24)26(27,28)29)17-8-11-21(33-2)22(12-17)34-3/h4-6,8-13,16,19-24,30,32H,7,14H2,1-3H3. The minimum absolute atomic E-state index is 0.237. The van der Waals surface area contributed by atoms with E-state index in [0.29, 0.717) is 17.9 Å². The van der Waals surface area contributed by atoms with E-state index < -0.39 is 48.1 Å². The summed E-state index contributed by atoms with van der Waals surface area (Å²) in [7, 11) is 2.99. The van der Waals surface area contributed by atoms with Crippen LogP contribution in [-0.2, 0) is 14.2 Å². The Bertz CT molecular complexity index is 1010. The average molecular weight is 493 g/mol. The third-order valence-corrected chi connectivity index (χ3v) is 6.81. The molecule has 7 unspecified atom stereocenters. The van der Waals surface area contributed by atoms with Gasteiger partial charge >= 0.3 is 6.18 Å². The van der Waals surface area contributed by atoms with Crippen LogP contribution in [0.4, 0.5) is 13.2 Å². The number of nitrogens with zero attached hydrogens (tertiary/aromatic N) is 1. The summed E-state index contributed by atoms with van der Waals surface area (Å²) in [6, 6.07) is -0.808. The predicted octanol–water partition coefficient (Wildman–Crippen LogP) is 3.99. The van der Waals surface area contributed by atoms with Gasteiger partial charge in [-0.15, -0.1) is 0 Å². The van der Waals surface area contributed by atoms with Gasteiger partial charge in [0.1, 0.15) is 18.0 Å². The summed E-state index contributed by atoms with van der Waals surface area (Å²) in [4.78, 5) is 0. The molecule has 4 rings (SSSR count). The molecule has 3 aliphatic carbocycles. The van der Waals surface area contributed by atoms with Crippen molar-refractivity contribution in [3.8, 4) is 0 Å². The SMILES string of the molecule is COC1C=CC(C2C(C(F)(F)F)=NNC2C2C=CC(OCC3C=CC(C)=CC3)=CC2O)=CC1OC. The molecule has 9 heteroatoms. The highest BCUT2D eigenvalue weighted by Gasteiger charge is 2.51. The fourth-order valence-corrected chi connectivity index (χ4v) is 4.83. The monoisotopic (exact) mass is 492 g/mol. The van der Waals surface area contributed by atoms with E-state index in [9.17, 15) is 18.3 Å². The van der Waals surface area contributed by atoms with E-state index in [1.165, 1.54) is 19.8 Å². The maximum atomic E-state index is 13.9. The molecule has 0 bridgehead atoms. The van der Waals surface area contributed by atoms with Gasteiger partial charge in [0, 0.05) is 26.1 Å². The van der Waals surface area contributed by atoms with Crippen molar-refractivity contribution in [1.29, 1.82) is 0 Å². The Hall–Kier alpha value is -2.62. The molecule has 0 aromatic heterocycles. The number of ether oxygens (including phenoxy) is 3. The Morgan fingerprint density at radius 3 is 2.46 bits per heavy atom. The van der Waals surface area contributed by atoms with E-state index >= 15 is 0 Å². The number of halogens is 3. The molecule has 0 spiro atoms. The quantitative estimate of drug-likeness (QED) is 0.563. The van der Waals surface area contributed by atoms with Gasteiger partial charge in [0.15, 0.2) is 5.71 Å². The molecule has 35 heavy (non-hydrogen) atoms. The van der Waals surface area contributed by atoms with E-state index in [-0.39, 0.29) is 5.92 Å². The number of hydrazone groups is 1. The number of methoxy groups -OCH3 is 2. The second-order valence-corrected chi connectivity index (χ2v) is 9.16. The Morgan fingerprint density at radius 2 is 1.83 bits per heavy atom. The molecule has 190 valence electrons. The van der Waals surface area contributed by atoms with Crippen LogP contribution in [0.3, 0.4) is 0 Å². The summed E-state index contributed by atoms with van der Waals surface area (Å²) >= 11 is 0. The lowest BCUT2D eigenvalue weighted by Gasteiger charge is -2.34. The Kier molecular flexibility index (Phi) is 7.68. The smallest absolute Gasteiger partial charge is 0.431 e. The summed E-state index contributed by atoms with van der Waals surface area (Å²) in [5.41, 5.74) is 3.35. The summed E-state index contributed by atoms with van der Waals surface area (Å²) in [6.45, 7) is 2.50. The molecule has 6 nitrogen and oxygen atoms in total. The van der Waals surface area contributed by atoms with Crippen molar-refractivity contribution >= 4 is 5.71 Å². The number of aliphatic hydroxyl groups excluding tert-OH is 1. The van der Waals surface area contributed by atoms with Gasteiger partial charge in [-0.2, -0.15) is 18.3 Å². The molecule has 2 N–H and O–H groups in total. The molecular formula is C26H31F3N2O4. The van der Waals surface area contributed by atoms with E-state index in [4.69, 9.17) is 14.2 Å². The molecule has 0 saturated heterocycles. The van der Waals surface area contributed by atoms with E-state index in [1.54, 1.807) is 36.5 Å². The number of hydrogen-bond acceptors (Lipinski definition) is 6. The molecule has 0 saturated carbocycles. The highest BCUT2D eigenvalue weighted by molar-refractivity contribution is 5.96. The van der Waals surface area contributed by atoms with Crippen LogP contribution in [-0.4, -0.2) is 62.2 Å². The first-order chi connectivity index (χ1) is 16.7. The molecular weight excluding hydrogens is 461 g/mol. The topological polar surface area (TPSA) is 72.3 Å². The van der Waals surface area contributed by atoms with Gasteiger partial charge in [-0.05, 0) is 37.1 Å². The van der Waals surface area contributed by atoms with Crippen LogP contribution in [0.5, 0.6) is 0 Å². The molecule has 1 aliphatic heterocycles. The van der Waals surface area contributed by atoms with Crippen molar-refractivity contribution < 1.29 is 32.5 Å². The van der Waals surface area contributed by atoms with Crippen LogP contribution >= 0.6 is 0 Å². The molecule has 0 fully saturated rings. The van der Waals surface area contributed by atoms with Gasteiger partial charge in [-0.3, -0.25) is 0 Å². The Labute approximate surface area is 203 Å². The minimum atomic E-state index is -4.63. The number of alkyl halides is 3. The van der Waals surface area contributed by atoms with Crippen molar-refractivity contribution in [2.24, 2.45) is 22.9 Å². The number of hydrogen-bond donors (Lipinski definition) is 2. The molecule has 4 aliphatic rings. The second-order valence-electron chi connectivity index (χ2n) is 9.16. The highest BCUT2D eigenvalue weighted by Crippen LogP contribution is 2.39. The highest BCUT2D eigenvalue weighted by atomic mass is 19.4. The van der Waals surface area contributed by atoms with Crippen molar-refractivity contribution in [3.05, 3.63) is 71.6 Å². The van der Waals surface area contributed by atoms with E-state index in [2.05, 4.69) is 28.8 Å². The fourth-order valence-electron chi connectivity index (χ4n) is 4.83. The van der Waals surface area contributed by atoms with Crippen LogP contribution in [0.25, 0.3) is 0 Å². The third kappa shape index (κ3) is 5.63. The Morgan fingerprint density at radius 1 is 1.06 bits per heavy atom. The fraction of sp³-hybridized carbons (Fsp3) is 0.500. The number of aliphatic hydroxyl groups is 1. The lowest BCUT2D eigenvalue weighted by atomic mass is 9.76. The van der Waals surface area contributed by atoms with Crippen molar-refractivity contribution in [3.63, 3.8) is 0 Å². The van der Waals surface area contributed by atoms with E-state index in [1.807, 2.05) is 6.92 Å². The normalized spacial score (nSPS) is 34.7. The van der Waals surface area contributed by atoms with Gasteiger partial charge in [0.05, 0.1) is 24.7 Å². The Balaban J connectivity index is 1.49. The number of nitrogens with one attached hydrogen (secondary N) is 1. The number of rotatable bonds is 7. The average Bonchev–Trinajstić information content (AvgIpc) is 3.29. The van der Waals surface area contributed by atoms with Crippen LogP contribution in [0, 0.1) is 17.8 Å². The lowest BCUT2D eigenvalue weighted by molar-refractivity contribution is -0.0620. The zero-order valence-electron chi connectivity index (χ0n) is 19.9. The maximum absolute atomic E-state index is 13.9. The third-order valence-electron chi connectivity index (χ3n) is 6.81. The summed E-state index contributed by atoms with van der Waals surface area (Å²) in [5, 5.41) is 14.5. The molecule has 0 radical (unpaired) electrons. The first-order valence-corrected chi connectivity index (χ1v) is 11.6. The van der Waals surface area contributed by atoms with Gasteiger partial charge in [-0.1, -0.05) is 42.0 Å². The first kappa shape index (κ1) is 25.5. The zero-order valence-corrected chi connectivity index (χ0v) is 19.9. The van der Waals surface area contributed by atoms with Gasteiger partial charge < -0.3 is 24.7 Å². The van der Waals surface area contributed by atoms with Crippen molar-refractivity contribution in [1.82, 2.24) is 5.43 Å². The summed E-state index contributed by atoms with van der Waals surface area (Å²) < 4.78 is 58.3. The minimum Gasteiger partial charge on any atom is -0.493 e. The van der Waals surface area contributed by atoms with Gasteiger partial charge in [0.25, 0.3) is 0 Å². The van der Waals surface area contributed by atoms with Crippen LogP contribution in [0.1, 0.15) is 13.3 Å². The van der Waals surface area contributed by atoms with Crippen LogP contribution in [0.2, 0.25) is 0 Å². The second kappa shape index (κ2) is 10.6. The number of allylic oxidation sites excluding steroid dienone is 5. The van der Waals surface area contributed by atoms with E-state index in [0.717, 1.165) is 6.42 Å². The lowest BCUT2D eigenvalue weighted by Crippen LogP contribution is -2.45. The molecule has 7 atom stereocenters. The molecule has 0 aromatic carbocycles. The summed E-state index contributed by atoms with van der Waals surface area (Å²) in [5.74, 6) is -1.03. The van der Waals surface area contributed by atoms with Gasteiger partial charge in [-0.25, -0.2) is 0 Å². The maximum Gasteiger partial charge on any atom is 0.431 e. The molecule has 0 amide bonds.